The lowest BCUT2D eigenvalue weighted by atomic mass is 9.96. The van der Waals surface area contributed by atoms with Gasteiger partial charge in [-0.1, -0.05) is 65.3 Å². The highest BCUT2D eigenvalue weighted by atomic mass is 79.9. The number of nitrogens with zero attached hydrogens (tertiary/aromatic N) is 2. The van der Waals surface area contributed by atoms with E-state index in [0.717, 1.165) is 28.1 Å². The summed E-state index contributed by atoms with van der Waals surface area (Å²) in [6, 6.07) is 18.4. The Morgan fingerprint density at radius 3 is 2.43 bits per heavy atom. The first-order valence-corrected chi connectivity index (χ1v) is 7.80. The van der Waals surface area contributed by atoms with E-state index >= 15 is 0 Å². The molecule has 0 bridgehead atoms. The molecule has 3 aromatic rings. The highest BCUT2D eigenvalue weighted by Crippen LogP contribution is 2.26. The van der Waals surface area contributed by atoms with Gasteiger partial charge in [0.05, 0.1) is 0 Å². The number of halogens is 1. The second kappa shape index (κ2) is 6.22. The van der Waals surface area contributed by atoms with Crippen molar-refractivity contribution in [2.45, 2.75) is 19.3 Å². The summed E-state index contributed by atoms with van der Waals surface area (Å²) in [5.74, 6) is 1.91. The maximum absolute atomic E-state index is 4.68. The van der Waals surface area contributed by atoms with Gasteiger partial charge >= 0.3 is 0 Å². The maximum Gasteiger partial charge on any atom is 0.181 e. The Labute approximate surface area is 132 Å². The molecule has 106 valence electrons. The lowest BCUT2D eigenvalue weighted by Gasteiger charge is -2.11. The molecule has 3 nitrogen and oxygen atoms in total. The van der Waals surface area contributed by atoms with Gasteiger partial charge in [-0.15, -0.1) is 0 Å². The number of aromatic nitrogens is 3. The van der Waals surface area contributed by atoms with E-state index in [-0.39, 0.29) is 5.92 Å². The lowest BCUT2D eigenvalue weighted by molar-refractivity contribution is 0.721. The Hall–Kier alpha value is -1.94. The number of hydrogen-bond acceptors (Lipinski definition) is 2. The molecule has 1 unspecified atom stereocenters. The molecule has 0 aliphatic heterocycles. The molecule has 3 rings (SSSR count). The SMILES string of the molecule is CCC(c1ccccc1)c1nc(-c2ccc(Br)cc2)n[nH]1. The fourth-order valence-corrected chi connectivity index (χ4v) is 2.69. The van der Waals surface area contributed by atoms with Crippen LogP contribution in [-0.4, -0.2) is 15.2 Å². The zero-order valence-electron chi connectivity index (χ0n) is 11.8. The molecule has 0 radical (unpaired) electrons. The van der Waals surface area contributed by atoms with Crippen LogP contribution < -0.4 is 0 Å². The van der Waals surface area contributed by atoms with Crippen molar-refractivity contribution in [2.24, 2.45) is 0 Å². The van der Waals surface area contributed by atoms with Gasteiger partial charge in [0.2, 0.25) is 0 Å². The molecule has 1 heterocycles. The van der Waals surface area contributed by atoms with E-state index < -0.39 is 0 Å². The topological polar surface area (TPSA) is 41.6 Å². The van der Waals surface area contributed by atoms with Crippen LogP contribution in [0.1, 0.15) is 30.7 Å². The molecule has 0 spiro atoms. The Kier molecular flexibility index (Phi) is 4.15. The molecule has 0 saturated carbocycles. The fourth-order valence-electron chi connectivity index (χ4n) is 2.43. The number of aromatic amines is 1. The van der Waals surface area contributed by atoms with Crippen LogP contribution in [-0.2, 0) is 0 Å². The predicted octanol–water partition coefficient (Wildman–Crippen LogP) is 4.78. The Morgan fingerprint density at radius 2 is 1.76 bits per heavy atom. The Bertz CT molecular complexity index is 704. The first-order chi connectivity index (χ1) is 10.3. The van der Waals surface area contributed by atoms with E-state index in [4.69, 9.17) is 0 Å². The number of rotatable bonds is 4. The van der Waals surface area contributed by atoms with Crippen LogP contribution in [0.2, 0.25) is 0 Å². The van der Waals surface area contributed by atoms with Gasteiger partial charge in [0.15, 0.2) is 5.82 Å². The van der Waals surface area contributed by atoms with Crippen molar-refractivity contribution < 1.29 is 0 Å². The summed E-state index contributed by atoms with van der Waals surface area (Å²) >= 11 is 3.44. The van der Waals surface area contributed by atoms with Crippen LogP contribution in [0.3, 0.4) is 0 Å². The van der Waals surface area contributed by atoms with Crippen LogP contribution in [0.25, 0.3) is 11.4 Å². The van der Waals surface area contributed by atoms with Gasteiger partial charge in [-0.05, 0) is 24.1 Å². The second-order valence-electron chi connectivity index (χ2n) is 4.92. The van der Waals surface area contributed by atoms with Gasteiger partial charge in [0.1, 0.15) is 5.82 Å². The second-order valence-corrected chi connectivity index (χ2v) is 5.84. The largest absolute Gasteiger partial charge is 0.262 e. The van der Waals surface area contributed by atoms with Crippen LogP contribution in [0.4, 0.5) is 0 Å². The third-order valence-electron chi connectivity index (χ3n) is 3.55. The molecule has 1 atom stereocenters. The van der Waals surface area contributed by atoms with Crippen molar-refractivity contribution in [3.63, 3.8) is 0 Å². The smallest absolute Gasteiger partial charge is 0.181 e. The van der Waals surface area contributed by atoms with E-state index in [0.29, 0.717) is 0 Å². The highest BCUT2D eigenvalue weighted by molar-refractivity contribution is 9.10. The molecule has 0 amide bonds. The van der Waals surface area contributed by atoms with Gasteiger partial charge < -0.3 is 0 Å². The van der Waals surface area contributed by atoms with Gasteiger partial charge in [0.25, 0.3) is 0 Å². The van der Waals surface area contributed by atoms with Crippen molar-refractivity contribution >= 4 is 15.9 Å². The summed E-state index contributed by atoms with van der Waals surface area (Å²) in [5.41, 5.74) is 2.28. The summed E-state index contributed by atoms with van der Waals surface area (Å²) in [4.78, 5) is 4.68. The van der Waals surface area contributed by atoms with Crippen LogP contribution in [0.5, 0.6) is 0 Å². The zero-order valence-corrected chi connectivity index (χ0v) is 13.3. The molecule has 0 aliphatic rings. The monoisotopic (exact) mass is 341 g/mol. The summed E-state index contributed by atoms with van der Waals surface area (Å²) in [5, 5.41) is 7.45. The van der Waals surface area contributed by atoms with Gasteiger partial charge in [-0.25, -0.2) is 4.98 Å². The van der Waals surface area contributed by atoms with Crippen LogP contribution in [0.15, 0.2) is 59.1 Å². The molecular weight excluding hydrogens is 326 g/mol. The average Bonchev–Trinajstić information content (AvgIpc) is 2.99. The molecule has 2 aromatic carbocycles. The molecule has 0 aliphatic carbocycles. The lowest BCUT2D eigenvalue weighted by Crippen LogP contribution is -2.01. The molecule has 1 aromatic heterocycles. The minimum Gasteiger partial charge on any atom is -0.262 e. The molecular formula is C17H16BrN3. The summed E-state index contributed by atoms with van der Waals surface area (Å²) in [6.07, 6.45) is 0.985. The molecule has 0 fully saturated rings. The minimum atomic E-state index is 0.253. The standard InChI is InChI=1S/C17H16BrN3/c1-2-15(12-6-4-3-5-7-12)17-19-16(20-21-17)13-8-10-14(18)11-9-13/h3-11,15H,2H2,1H3,(H,19,20,21). The van der Waals surface area contributed by atoms with E-state index in [2.05, 4.69) is 62.3 Å². The minimum absolute atomic E-state index is 0.253. The molecule has 1 N–H and O–H groups in total. The van der Waals surface area contributed by atoms with Crippen molar-refractivity contribution in [1.29, 1.82) is 0 Å². The maximum atomic E-state index is 4.68. The van der Waals surface area contributed by atoms with Crippen molar-refractivity contribution in [3.05, 3.63) is 70.5 Å². The van der Waals surface area contributed by atoms with E-state index in [1.807, 2.05) is 30.3 Å². The zero-order chi connectivity index (χ0) is 14.7. The number of H-pyrrole nitrogens is 1. The third kappa shape index (κ3) is 3.05. The number of benzene rings is 2. The summed E-state index contributed by atoms with van der Waals surface area (Å²) < 4.78 is 1.05. The Morgan fingerprint density at radius 1 is 1.05 bits per heavy atom. The van der Waals surface area contributed by atoms with Gasteiger partial charge in [-0.3, -0.25) is 5.10 Å². The van der Waals surface area contributed by atoms with Crippen molar-refractivity contribution in [2.75, 3.05) is 0 Å². The first-order valence-electron chi connectivity index (χ1n) is 7.01. The number of hydrogen-bond donors (Lipinski definition) is 1. The fraction of sp³-hybridized carbons (Fsp3) is 0.176. The quantitative estimate of drug-likeness (QED) is 0.742. The normalized spacial score (nSPS) is 12.3. The summed E-state index contributed by atoms with van der Waals surface area (Å²) in [7, 11) is 0. The highest BCUT2D eigenvalue weighted by Gasteiger charge is 2.16. The van der Waals surface area contributed by atoms with E-state index in [1.165, 1.54) is 5.56 Å². The molecule has 4 heteroatoms. The predicted molar refractivity (Wildman–Crippen MR) is 88.1 cm³/mol. The first kappa shape index (κ1) is 14.0. The van der Waals surface area contributed by atoms with Gasteiger partial charge in [0, 0.05) is 16.0 Å². The molecule has 21 heavy (non-hydrogen) atoms. The average molecular weight is 342 g/mol. The number of nitrogens with one attached hydrogen (secondary N) is 1. The third-order valence-corrected chi connectivity index (χ3v) is 4.07. The van der Waals surface area contributed by atoms with Gasteiger partial charge in [-0.2, -0.15) is 5.10 Å². The van der Waals surface area contributed by atoms with Crippen molar-refractivity contribution in [3.8, 4) is 11.4 Å². The van der Waals surface area contributed by atoms with E-state index in [9.17, 15) is 0 Å². The van der Waals surface area contributed by atoms with Crippen LogP contribution in [0, 0.1) is 0 Å². The Balaban J connectivity index is 1.92. The van der Waals surface area contributed by atoms with Crippen LogP contribution >= 0.6 is 15.9 Å². The van der Waals surface area contributed by atoms with E-state index in [1.54, 1.807) is 0 Å². The summed E-state index contributed by atoms with van der Waals surface area (Å²) in [6.45, 7) is 2.17. The molecule has 0 saturated heterocycles. The van der Waals surface area contributed by atoms with Crippen molar-refractivity contribution in [1.82, 2.24) is 15.2 Å².